The van der Waals surface area contributed by atoms with Gasteiger partial charge in [-0.15, -0.1) is 11.3 Å². The Hall–Kier alpha value is -1.66. The van der Waals surface area contributed by atoms with Gasteiger partial charge >= 0.3 is 0 Å². The Labute approximate surface area is 141 Å². The molecule has 6 heteroatoms. The molecule has 1 aliphatic heterocycles. The Balaban J connectivity index is 1.53. The first-order valence-electron chi connectivity index (χ1n) is 8.18. The first kappa shape index (κ1) is 16.2. The minimum Gasteiger partial charge on any atom is -0.338 e. The van der Waals surface area contributed by atoms with Crippen molar-refractivity contribution in [1.82, 2.24) is 19.4 Å². The van der Waals surface area contributed by atoms with Gasteiger partial charge in [0.25, 0.3) is 5.91 Å². The lowest BCUT2D eigenvalue weighted by atomic mass is 10.3. The molecule has 1 fully saturated rings. The van der Waals surface area contributed by atoms with E-state index in [0.29, 0.717) is 0 Å². The quantitative estimate of drug-likeness (QED) is 0.862. The predicted octanol–water partition coefficient (Wildman–Crippen LogP) is 2.18. The first-order valence-corrected chi connectivity index (χ1v) is 8.99. The van der Waals surface area contributed by atoms with Crippen LogP contribution in [0.15, 0.2) is 24.5 Å². The van der Waals surface area contributed by atoms with Crippen molar-refractivity contribution in [3.8, 4) is 0 Å². The highest BCUT2D eigenvalue weighted by Gasteiger charge is 2.21. The highest BCUT2D eigenvalue weighted by molar-refractivity contribution is 7.13. The van der Waals surface area contributed by atoms with Crippen molar-refractivity contribution in [3.63, 3.8) is 0 Å². The monoisotopic (exact) mass is 332 g/mol. The van der Waals surface area contributed by atoms with Gasteiger partial charge in [0, 0.05) is 56.9 Å². The summed E-state index contributed by atoms with van der Waals surface area (Å²) < 4.78 is 2.08. The molecule has 2 aromatic rings. The molecular weight excluding hydrogens is 308 g/mol. The van der Waals surface area contributed by atoms with Gasteiger partial charge in [0.1, 0.15) is 5.82 Å². The summed E-state index contributed by atoms with van der Waals surface area (Å²) in [7, 11) is 2.04. The van der Waals surface area contributed by atoms with Crippen molar-refractivity contribution < 1.29 is 4.79 Å². The van der Waals surface area contributed by atoms with Crippen LogP contribution in [0.2, 0.25) is 0 Å². The molecular formula is C17H24N4OS. The third-order valence-electron chi connectivity index (χ3n) is 4.40. The third-order valence-corrected chi connectivity index (χ3v) is 5.39. The zero-order valence-electron chi connectivity index (χ0n) is 13.9. The van der Waals surface area contributed by atoms with E-state index in [4.69, 9.17) is 0 Å². The molecule has 0 N–H and O–H groups in total. The maximum Gasteiger partial charge on any atom is 0.263 e. The summed E-state index contributed by atoms with van der Waals surface area (Å²) in [6.07, 6.45) is 5.83. The topological polar surface area (TPSA) is 41.4 Å². The summed E-state index contributed by atoms with van der Waals surface area (Å²) in [5.74, 6) is 1.31. The van der Waals surface area contributed by atoms with Crippen molar-refractivity contribution in [2.75, 3.05) is 32.7 Å². The van der Waals surface area contributed by atoms with Crippen LogP contribution >= 0.6 is 11.3 Å². The predicted molar refractivity (Wildman–Crippen MR) is 92.9 cm³/mol. The summed E-state index contributed by atoms with van der Waals surface area (Å²) >= 11 is 1.59. The fourth-order valence-electron chi connectivity index (χ4n) is 3.00. The van der Waals surface area contributed by atoms with Crippen LogP contribution < -0.4 is 0 Å². The van der Waals surface area contributed by atoms with Gasteiger partial charge in [0.15, 0.2) is 0 Å². The van der Waals surface area contributed by atoms with E-state index in [1.54, 1.807) is 11.3 Å². The van der Waals surface area contributed by atoms with E-state index in [2.05, 4.69) is 14.5 Å². The summed E-state index contributed by atoms with van der Waals surface area (Å²) in [6, 6.07) is 3.97. The number of nitrogens with zero attached hydrogens (tertiary/aromatic N) is 4. The number of hydrogen-bond donors (Lipinski definition) is 0. The molecule has 0 unspecified atom stereocenters. The molecule has 0 aromatic carbocycles. The van der Waals surface area contributed by atoms with Crippen LogP contribution in [-0.2, 0) is 13.5 Å². The summed E-state index contributed by atoms with van der Waals surface area (Å²) in [4.78, 5) is 23.5. The van der Waals surface area contributed by atoms with Gasteiger partial charge in [-0.25, -0.2) is 4.98 Å². The van der Waals surface area contributed by atoms with Crippen molar-refractivity contribution in [1.29, 1.82) is 0 Å². The van der Waals surface area contributed by atoms with Crippen LogP contribution in [0, 0.1) is 6.92 Å². The molecule has 3 heterocycles. The molecule has 0 saturated carbocycles. The Kier molecular flexibility index (Phi) is 5.13. The highest BCUT2D eigenvalue weighted by Crippen LogP contribution is 2.18. The standard InChI is InChI=1S/C17H24N4OS/c1-14-4-5-15(23-14)17(22)21-9-3-8-20(12-13-21)10-6-16-18-7-11-19(16)2/h4-5,7,11H,3,6,8-10,12-13H2,1-2H3. The molecule has 0 spiro atoms. The second-order valence-corrected chi connectivity index (χ2v) is 7.39. The average molecular weight is 332 g/mol. The summed E-state index contributed by atoms with van der Waals surface area (Å²) in [5.41, 5.74) is 0. The molecule has 0 radical (unpaired) electrons. The molecule has 1 aliphatic rings. The van der Waals surface area contributed by atoms with Crippen LogP contribution in [0.5, 0.6) is 0 Å². The van der Waals surface area contributed by atoms with E-state index in [0.717, 1.165) is 56.3 Å². The summed E-state index contributed by atoms with van der Waals surface area (Å²) in [6.45, 7) is 6.72. The van der Waals surface area contributed by atoms with Crippen LogP contribution in [0.1, 0.15) is 26.8 Å². The molecule has 1 amide bonds. The molecule has 5 nitrogen and oxygen atoms in total. The number of amides is 1. The van der Waals surface area contributed by atoms with Crippen molar-refractivity contribution in [2.45, 2.75) is 19.8 Å². The molecule has 3 rings (SSSR count). The van der Waals surface area contributed by atoms with Crippen molar-refractivity contribution >= 4 is 17.2 Å². The number of imidazole rings is 1. The Morgan fingerprint density at radius 3 is 2.83 bits per heavy atom. The van der Waals surface area contributed by atoms with Gasteiger partial charge in [-0.3, -0.25) is 4.79 Å². The van der Waals surface area contributed by atoms with Gasteiger partial charge in [-0.05, 0) is 32.0 Å². The Bertz CT molecular complexity index is 663. The summed E-state index contributed by atoms with van der Waals surface area (Å²) in [5, 5.41) is 0. The van der Waals surface area contributed by atoms with Gasteiger partial charge in [0.05, 0.1) is 4.88 Å². The number of carbonyl (C=O) groups excluding carboxylic acids is 1. The fourth-order valence-corrected chi connectivity index (χ4v) is 3.83. The minimum atomic E-state index is 0.189. The molecule has 124 valence electrons. The smallest absolute Gasteiger partial charge is 0.263 e. The zero-order valence-corrected chi connectivity index (χ0v) is 14.7. The van der Waals surface area contributed by atoms with Gasteiger partial charge in [-0.1, -0.05) is 0 Å². The van der Waals surface area contributed by atoms with Crippen LogP contribution in [0.3, 0.4) is 0 Å². The molecule has 0 aliphatic carbocycles. The largest absolute Gasteiger partial charge is 0.338 e. The van der Waals surface area contributed by atoms with E-state index in [1.807, 2.05) is 43.4 Å². The fraction of sp³-hybridized carbons (Fsp3) is 0.529. The number of thiophene rings is 1. The molecule has 2 aromatic heterocycles. The van der Waals surface area contributed by atoms with Crippen LogP contribution in [-0.4, -0.2) is 58.0 Å². The van der Waals surface area contributed by atoms with E-state index < -0.39 is 0 Å². The van der Waals surface area contributed by atoms with Crippen molar-refractivity contribution in [3.05, 3.63) is 40.1 Å². The van der Waals surface area contributed by atoms with E-state index >= 15 is 0 Å². The number of aromatic nitrogens is 2. The lowest BCUT2D eigenvalue weighted by Crippen LogP contribution is -2.35. The SMILES string of the molecule is Cc1ccc(C(=O)N2CCCN(CCc3nccn3C)CC2)s1. The zero-order chi connectivity index (χ0) is 16.2. The molecule has 0 bridgehead atoms. The normalized spacial score (nSPS) is 16.5. The maximum absolute atomic E-state index is 12.6. The lowest BCUT2D eigenvalue weighted by molar-refractivity contribution is 0.0766. The van der Waals surface area contributed by atoms with E-state index in [1.165, 1.54) is 4.88 Å². The van der Waals surface area contributed by atoms with E-state index in [-0.39, 0.29) is 5.91 Å². The van der Waals surface area contributed by atoms with Gasteiger partial charge in [0.2, 0.25) is 0 Å². The van der Waals surface area contributed by atoms with Crippen LogP contribution in [0.4, 0.5) is 0 Å². The minimum absolute atomic E-state index is 0.189. The first-order chi connectivity index (χ1) is 11.1. The molecule has 1 saturated heterocycles. The van der Waals surface area contributed by atoms with E-state index in [9.17, 15) is 4.79 Å². The number of rotatable bonds is 4. The molecule has 0 atom stereocenters. The second-order valence-electron chi connectivity index (χ2n) is 6.10. The highest BCUT2D eigenvalue weighted by atomic mass is 32.1. The van der Waals surface area contributed by atoms with Crippen LogP contribution in [0.25, 0.3) is 0 Å². The molecule has 23 heavy (non-hydrogen) atoms. The lowest BCUT2D eigenvalue weighted by Gasteiger charge is -2.21. The van der Waals surface area contributed by atoms with Crippen molar-refractivity contribution in [2.24, 2.45) is 7.05 Å². The third kappa shape index (κ3) is 4.00. The number of aryl methyl sites for hydroxylation is 2. The number of hydrogen-bond acceptors (Lipinski definition) is 4. The second kappa shape index (κ2) is 7.27. The van der Waals surface area contributed by atoms with Gasteiger partial charge in [-0.2, -0.15) is 0 Å². The van der Waals surface area contributed by atoms with Gasteiger partial charge < -0.3 is 14.4 Å². The Morgan fingerprint density at radius 2 is 2.13 bits per heavy atom. The Morgan fingerprint density at radius 1 is 1.26 bits per heavy atom. The number of carbonyl (C=O) groups is 1. The average Bonchev–Trinajstić information content (AvgIpc) is 3.07. The maximum atomic E-state index is 12.6.